The number of aliphatic hydroxyl groups is 1. The lowest BCUT2D eigenvalue weighted by Crippen LogP contribution is -2.15. The predicted molar refractivity (Wildman–Crippen MR) is 85.7 cm³/mol. The molecule has 1 aromatic heterocycles. The van der Waals surface area contributed by atoms with Crippen molar-refractivity contribution in [2.24, 2.45) is 0 Å². The molecule has 1 atom stereocenters. The van der Waals surface area contributed by atoms with E-state index in [9.17, 15) is 19.6 Å². The van der Waals surface area contributed by atoms with Crippen LogP contribution < -0.4 is 4.74 Å². The number of rotatable bonds is 4. The minimum absolute atomic E-state index is 0.178. The van der Waals surface area contributed by atoms with Gasteiger partial charge in [0, 0.05) is 16.1 Å². The van der Waals surface area contributed by atoms with E-state index in [4.69, 9.17) is 4.74 Å². The van der Waals surface area contributed by atoms with E-state index < -0.39 is 17.6 Å². The van der Waals surface area contributed by atoms with Crippen molar-refractivity contribution < 1.29 is 19.2 Å². The van der Waals surface area contributed by atoms with Crippen LogP contribution in [-0.4, -0.2) is 28.2 Å². The topological polar surface area (TPSA) is 85.5 Å². The third-order valence-electron chi connectivity index (χ3n) is 3.74. The number of ether oxygens (including phenoxy) is 1. The molecule has 0 aliphatic carbocycles. The fraction of sp³-hybridized carbons (Fsp3) is 0.235. The number of aryl methyl sites for hydroxylation is 1. The van der Waals surface area contributed by atoms with Gasteiger partial charge in [-0.05, 0) is 42.8 Å². The van der Waals surface area contributed by atoms with E-state index in [1.165, 1.54) is 6.07 Å². The molecule has 3 rings (SSSR count). The Morgan fingerprint density at radius 1 is 1.46 bits per heavy atom. The smallest absolute Gasteiger partial charge is 0.235 e. The second-order valence-electron chi connectivity index (χ2n) is 5.52. The summed E-state index contributed by atoms with van der Waals surface area (Å²) in [6.07, 6.45) is 2.27. The number of nitrogens with zero attached hydrogens (tertiary/aromatic N) is 2. The number of pyridine rings is 1. The SMILES string of the molecule is Cc1cc(-c2nc(C(O)C[N+](=O)[O-])cc3c2OCC=C3)ccc1F. The van der Waals surface area contributed by atoms with E-state index in [2.05, 4.69) is 4.98 Å². The molecule has 1 unspecified atom stereocenters. The van der Waals surface area contributed by atoms with E-state index in [0.717, 1.165) is 0 Å². The van der Waals surface area contributed by atoms with Gasteiger partial charge in [-0.1, -0.05) is 6.08 Å². The van der Waals surface area contributed by atoms with E-state index in [0.29, 0.717) is 34.7 Å². The molecule has 6 nitrogen and oxygen atoms in total. The molecule has 1 aliphatic heterocycles. The first-order valence-electron chi connectivity index (χ1n) is 7.36. The quantitative estimate of drug-likeness (QED) is 0.688. The highest BCUT2D eigenvalue weighted by Crippen LogP contribution is 2.36. The van der Waals surface area contributed by atoms with E-state index >= 15 is 0 Å². The maximum Gasteiger partial charge on any atom is 0.235 e. The number of hydrogen-bond donors (Lipinski definition) is 1. The summed E-state index contributed by atoms with van der Waals surface area (Å²) in [5, 5.41) is 20.7. The normalized spacial score (nSPS) is 14.0. The molecule has 0 saturated heterocycles. The zero-order chi connectivity index (χ0) is 17.3. The summed E-state index contributed by atoms with van der Waals surface area (Å²) in [7, 11) is 0. The molecule has 1 N–H and O–H groups in total. The van der Waals surface area contributed by atoms with E-state index in [1.54, 1.807) is 31.2 Å². The van der Waals surface area contributed by atoms with Crippen molar-refractivity contribution >= 4 is 6.08 Å². The Balaban J connectivity index is 2.14. The highest BCUT2D eigenvalue weighted by Gasteiger charge is 2.22. The second kappa shape index (κ2) is 6.37. The fourth-order valence-corrected chi connectivity index (χ4v) is 2.55. The molecule has 24 heavy (non-hydrogen) atoms. The highest BCUT2D eigenvalue weighted by atomic mass is 19.1. The third-order valence-corrected chi connectivity index (χ3v) is 3.74. The standard InChI is InChI=1S/C17H15FN2O4/c1-10-7-11(4-5-13(10)18)16-17-12(3-2-6-24-17)8-14(19-16)15(21)9-20(22)23/h2-5,7-8,15,21H,6,9H2,1H3. The van der Waals surface area contributed by atoms with Crippen molar-refractivity contribution in [3.05, 3.63) is 63.1 Å². The van der Waals surface area contributed by atoms with Crippen LogP contribution in [0.15, 0.2) is 30.3 Å². The Hall–Kier alpha value is -2.80. The Morgan fingerprint density at radius 2 is 2.25 bits per heavy atom. The van der Waals surface area contributed by atoms with E-state index in [1.807, 2.05) is 6.08 Å². The maximum absolute atomic E-state index is 13.5. The van der Waals surface area contributed by atoms with Crippen LogP contribution in [0.4, 0.5) is 4.39 Å². The molecule has 0 amide bonds. The van der Waals surface area contributed by atoms with Crippen LogP contribution in [0, 0.1) is 22.9 Å². The third kappa shape index (κ3) is 3.11. The number of hydrogen-bond acceptors (Lipinski definition) is 5. The molecular formula is C17H15FN2O4. The van der Waals surface area contributed by atoms with Crippen LogP contribution in [-0.2, 0) is 0 Å². The fourth-order valence-electron chi connectivity index (χ4n) is 2.55. The van der Waals surface area contributed by atoms with Crippen molar-refractivity contribution in [2.45, 2.75) is 13.0 Å². The average Bonchev–Trinajstić information content (AvgIpc) is 2.55. The monoisotopic (exact) mass is 330 g/mol. The van der Waals surface area contributed by atoms with Gasteiger partial charge in [0.15, 0.2) is 11.9 Å². The van der Waals surface area contributed by atoms with Gasteiger partial charge in [0.25, 0.3) is 0 Å². The molecule has 2 aromatic rings. The van der Waals surface area contributed by atoms with Gasteiger partial charge in [0.1, 0.15) is 18.1 Å². The summed E-state index contributed by atoms with van der Waals surface area (Å²) in [6.45, 7) is 1.37. The van der Waals surface area contributed by atoms with Gasteiger partial charge in [0.2, 0.25) is 6.54 Å². The number of aromatic nitrogens is 1. The van der Waals surface area contributed by atoms with Gasteiger partial charge in [-0.2, -0.15) is 0 Å². The molecule has 1 aliphatic rings. The van der Waals surface area contributed by atoms with Crippen LogP contribution in [0.5, 0.6) is 5.75 Å². The molecule has 0 saturated carbocycles. The van der Waals surface area contributed by atoms with Gasteiger partial charge in [-0.3, -0.25) is 10.1 Å². The Morgan fingerprint density at radius 3 is 2.96 bits per heavy atom. The number of nitro groups is 1. The van der Waals surface area contributed by atoms with Crippen molar-refractivity contribution in [1.29, 1.82) is 0 Å². The largest absolute Gasteiger partial charge is 0.487 e. The van der Waals surface area contributed by atoms with Crippen LogP contribution in [0.1, 0.15) is 22.9 Å². The molecule has 1 aromatic carbocycles. The summed E-state index contributed by atoms with van der Waals surface area (Å²) >= 11 is 0. The summed E-state index contributed by atoms with van der Waals surface area (Å²) in [4.78, 5) is 14.4. The first-order valence-corrected chi connectivity index (χ1v) is 7.36. The lowest BCUT2D eigenvalue weighted by molar-refractivity contribution is -0.491. The van der Waals surface area contributed by atoms with Gasteiger partial charge < -0.3 is 9.84 Å². The molecule has 2 heterocycles. The first kappa shape index (κ1) is 16.1. The minimum atomic E-state index is -1.33. The summed E-state index contributed by atoms with van der Waals surface area (Å²) in [6, 6.07) is 6.09. The summed E-state index contributed by atoms with van der Waals surface area (Å²) in [5.41, 5.74) is 2.35. The van der Waals surface area contributed by atoms with Crippen molar-refractivity contribution in [3.8, 4) is 17.0 Å². The second-order valence-corrected chi connectivity index (χ2v) is 5.52. The van der Waals surface area contributed by atoms with Crippen LogP contribution in [0.25, 0.3) is 17.3 Å². The number of aliphatic hydroxyl groups excluding tert-OH is 1. The Bertz CT molecular complexity index is 836. The lowest BCUT2D eigenvalue weighted by atomic mass is 10.0. The molecule has 0 spiro atoms. The lowest BCUT2D eigenvalue weighted by Gasteiger charge is -2.19. The number of fused-ring (bicyclic) bond motifs is 1. The molecule has 124 valence electrons. The molecule has 0 bridgehead atoms. The highest BCUT2D eigenvalue weighted by molar-refractivity contribution is 5.75. The zero-order valence-electron chi connectivity index (χ0n) is 12.9. The zero-order valence-corrected chi connectivity index (χ0v) is 12.9. The van der Waals surface area contributed by atoms with Gasteiger partial charge in [-0.15, -0.1) is 0 Å². The van der Waals surface area contributed by atoms with Gasteiger partial charge >= 0.3 is 0 Å². The summed E-state index contributed by atoms with van der Waals surface area (Å²) < 4.78 is 19.2. The molecule has 0 fully saturated rings. The summed E-state index contributed by atoms with van der Waals surface area (Å²) in [5.74, 6) is 0.179. The molecular weight excluding hydrogens is 315 g/mol. The first-order chi connectivity index (χ1) is 11.5. The number of benzene rings is 1. The van der Waals surface area contributed by atoms with E-state index in [-0.39, 0.29) is 11.5 Å². The van der Waals surface area contributed by atoms with Crippen molar-refractivity contribution in [1.82, 2.24) is 4.98 Å². The molecule has 0 radical (unpaired) electrons. The van der Waals surface area contributed by atoms with Crippen LogP contribution >= 0.6 is 0 Å². The van der Waals surface area contributed by atoms with Crippen molar-refractivity contribution in [3.63, 3.8) is 0 Å². The number of halogens is 1. The maximum atomic E-state index is 13.5. The van der Waals surface area contributed by atoms with Gasteiger partial charge in [-0.25, -0.2) is 9.37 Å². The molecule has 7 heteroatoms. The average molecular weight is 330 g/mol. The van der Waals surface area contributed by atoms with Gasteiger partial charge in [0.05, 0.1) is 5.69 Å². The predicted octanol–water partition coefficient (Wildman–Crippen LogP) is 2.91. The van der Waals surface area contributed by atoms with Crippen LogP contribution in [0.3, 0.4) is 0 Å². The Kier molecular flexibility index (Phi) is 4.26. The van der Waals surface area contributed by atoms with Crippen LogP contribution in [0.2, 0.25) is 0 Å². The minimum Gasteiger partial charge on any atom is -0.487 e. The van der Waals surface area contributed by atoms with Crippen molar-refractivity contribution in [2.75, 3.05) is 13.2 Å². The Labute approximate surface area is 137 Å².